The van der Waals surface area contributed by atoms with Crippen molar-refractivity contribution >= 4 is 10.0 Å². The molecule has 0 saturated carbocycles. The highest BCUT2D eigenvalue weighted by Crippen LogP contribution is 2.14. The molecule has 0 spiro atoms. The van der Waals surface area contributed by atoms with Crippen LogP contribution in [0.1, 0.15) is 31.9 Å². The lowest BCUT2D eigenvalue weighted by atomic mass is 10.1. The molecule has 0 fully saturated rings. The first-order valence-electron chi connectivity index (χ1n) is 5.32. The molecule has 5 heteroatoms. The summed E-state index contributed by atoms with van der Waals surface area (Å²) in [4.78, 5) is 0.283. The molecule has 1 aromatic rings. The molecule has 0 aromatic heterocycles. The van der Waals surface area contributed by atoms with Gasteiger partial charge in [-0.05, 0) is 31.0 Å². The van der Waals surface area contributed by atoms with Crippen molar-refractivity contribution < 1.29 is 8.42 Å². The van der Waals surface area contributed by atoms with Gasteiger partial charge in [0.1, 0.15) is 0 Å². The topological polar surface area (TPSA) is 72.2 Å². The second-order valence-corrected chi connectivity index (χ2v) is 5.52. The highest BCUT2D eigenvalue weighted by molar-refractivity contribution is 7.89. The number of rotatable bonds is 5. The van der Waals surface area contributed by atoms with Crippen LogP contribution in [0, 0.1) is 0 Å². The molecule has 0 saturated heterocycles. The van der Waals surface area contributed by atoms with E-state index in [4.69, 9.17) is 5.73 Å². The van der Waals surface area contributed by atoms with E-state index in [9.17, 15) is 8.42 Å². The first-order valence-corrected chi connectivity index (χ1v) is 6.81. The summed E-state index contributed by atoms with van der Waals surface area (Å²) in [5.74, 6) is 0. The van der Waals surface area contributed by atoms with Crippen molar-refractivity contribution in [2.24, 2.45) is 5.73 Å². The van der Waals surface area contributed by atoms with Crippen LogP contribution in [0.5, 0.6) is 0 Å². The Kier molecular flexibility index (Phi) is 4.46. The lowest BCUT2D eigenvalue weighted by Crippen LogP contribution is -2.24. The molecular weight excluding hydrogens is 224 g/mol. The van der Waals surface area contributed by atoms with Gasteiger partial charge in [-0.1, -0.05) is 19.1 Å². The van der Waals surface area contributed by atoms with Crippen molar-refractivity contribution in [3.05, 3.63) is 29.8 Å². The summed E-state index contributed by atoms with van der Waals surface area (Å²) in [6.45, 7) is 4.23. The number of nitrogens with two attached hydrogens (primary N) is 1. The predicted octanol–water partition coefficient (Wildman–Crippen LogP) is 1.39. The van der Waals surface area contributed by atoms with Crippen molar-refractivity contribution in [3.63, 3.8) is 0 Å². The number of sulfonamides is 1. The van der Waals surface area contributed by atoms with Gasteiger partial charge in [0.15, 0.2) is 0 Å². The largest absolute Gasteiger partial charge is 0.324 e. The SMILES string of the molecule is CCCNS(=O)(=O)c1ccc(C(C)N)cc1. The maximum absolute atomic E-state index is 11.7. The zero-order chi connectivity index (χ0) is 12.2. The smallest absolute Gasteiger partial charge is 0.240 e. The van der Waals surface area contributed by atoms with Gasteiger partial charge in [0.05, 0.1) is 4.90 Å². The normalized spacial score (nSPS) is 13.7. The zero-order valence-corrected chi connectivity index (χ0v) is 10.4. The molecule has 4 nitrogen and oxygen atoms in total. The van der Waals surface area contributed by atoms with Crippen LogP contribution < -0.4 is 10.5 Å². The van der Waals surface area contributed by atoms with Gasteiger partial charge in [0.2, 0.25) is 10.0 Å². The van der Waals surface area contributed by atoms with E-state index in [1.165, 1.54) is 0 Å². The van der Waals surface area contributed by atoms with Gasteiger partial charge in [-0.2, -0.15) is 0 Å². The molecule has 1 unspecified atom stereocenters. The summed E-state index contributed by atoms with van der Waals surface area (Å²) >= 11 is 0. The van der Waals surface area contributed by atoms with E-state index >= 15 is 0 Å². The Balaban J connectivity index is 2.89. The van der Waals surface area contributed by atoms with Crippen LogP contribution in [0.3, 0.4) is 0 Å². The van der Waals surface area contributed by atoms with Crippen LogP contribution in [0.15, 0.2) is 29.2 Å². The van der Waals surface area contributed by atoms with Gasteiger partial charge >= 0.3 is 0 Å². The minimum absolute atomic E-state index is 0.0830. The van der Waals surface area contributed by atoms with E-state index in [0.717, 1.165) is 12.0 Å². The van der Waals surface area contributed by atoms with Crippen LogP contribution in [-0.4, -0.2) is 15.0 Å². The van der Waals surface area contributed by atoms with E-state index in [1.807, 2.05) is 13.8 Å². The first kappa shape index (κ1) is 13.2. The molecule has 0 heterocycles. The lowest BCUT2D eigenvalue weighted by molar-refractivity contribution is 0.580. The zero-order valence-electron chi connectivity index (χ0n) is 9.60. The number of nitrogens with one attached hydrogen (secondary N) is 1. The number of hydrogen-bond donors (Lipinski definition) is 2. The van der Waals surface area contributed by atoms with E-state index in [1.54, 1.807) is 24.3 Å². The molecule has 0 amide bonds. The number of benzene rings is 1. The van der Waals surface area contributed by atoms with E-state index in [2.05, 4.69) is 4.72 Å². The molecule has 1 aromatic carbocycles. The third kappa shape index (κ3) is 3.30. The fraction of sp³-hybridized carbons (Fsp3) is 0.455. The Morgan fingerprint density at radius 3 is 2.31 bits per heavy atom. The van der Waals surface area contributed by atoms with Gasteiger partial charge in [-0.25, -0.2) is 13.1 Å². The minimum atomic E-state index is -3.36. The van der Waals surface area contributed by atoms with Crippen molar-refractivity contribution in [2.75, 3.05) is 6.54 Å². The Hall–Kier alpha value is -0.910. The summed E-state index contributed by atoms with van der Waals surface area (Å²) in [5, 5.41) is 0. The van der Waals surface area contributed by atoms with Crippen molar-refractivity contribution in [3.8, 4) is 0 Å². The molecule has 0 bridgehead atoms. The molecule has 0 aliphatic carbocycles. The number of hydrogen-bond acceptors (Lipinski definition) is 3. The fourth-order valence-electron chi connectivity index (χ4n) is 1.27. The van der Waals surface area contributed by atoms with Crippen molar-refractivity contribution in [1.29, 1.82) is 0 Å². The third-order valence-corrected chi connectivity index (χ3v) is 3.74. The molecule has 0 radical (unpaired) electrons. The van der Waals surface area contributed by atoms with Crippen molar-refractivity contribution in [1.82, 2.24) is 4.72 Å². The highest BCUT2D eigenvalue weighted by Gasteiger charge is 2.12. The van der Waals surface area contributed by atoms with Gasteiger partial charge in [0.25, 0.3) is 0 Å². The van der Waals surface area contributed by atoms with Crippen LogP contribution >= 0.6 is 0 Å². The van der Waals surface area contributed by atoms with Gasteiger partial charge in [-0.15, -0.1) is 0 Å². The maximum atomic E-state index is 11.7. The summed E-state index contributed by atoms with van der Waals surface area (Å²) in [5.41, 5.74) is 6.61. The molecule has 16 heavy (non-hydrogen) atoms. The third-order valence-electron chi connectivity index (χ3n) is 2.26. The van der Waals surface area contributed by atoms with E-state index in [0.29, 0.717) is 6.54 Å². The van der Waals surface area contributed by atoms with Crippen LogP contribution in [0.2, 0.25) is 0 Å². The van der Waals surface area contributed by atoms with Gasteiger partial charge in [-0.3, -0.25) is 0 Å². The van der Waals surface area contributed by atoms with Crippen LogP contribution in [-0.2, 0) is 10.0 Å². The molecule has 1 rings (SSSR count). The van der Waals surface area contributed by atoms with Crippen LogP contribution in [0.25, 0.3) is 0 Å². The summed E-state index contributed by atoms with van der Waals surface area (Å²) in [6, 6.07) is 6.56. The highest BCUT2D eigenvalue weighted by atomic mass is 32.2. The Morgan fingerprint density at radius 2 is 1.88 bits per heavy atom. The molecule has 0 aliphatic rings. The van der Waals surface area contributed by atoms with E-state index in [-0.39, 0.29) is 10.9 Å². The second kappa shape index (κ2) is 5.43. The van der Waals surface area contributed by atoms with E-state index < -0.39 is 10.0 Å². The molecule has 3 N–H and O–H groups in total. The van der Waals surface area contributed by atoms with Crippen molar-refractivity contribution in [2.45, 2.75) is 31.2 Å². The first-order chi connectivity index (χ1) is 7.47. The Labute approximate surface area is 96.9 Å². The lowest BCUT2D eigenvalue weighted by Gasteiger charge is -2.08. The van der Waals surface area contributed by atoms with Crippen LogP contribution in [0.4, 0.5) is 0 Å². The average molecular weight is 242 g/mol. The monoisotopic (exact) mass is 242 g/mol. The van der Waals surface area contributed by atoms with Gasteiger partial charge in [0, 0.05) is 12.6 Å². The molecule has 90 valence electrons. The van der Waals surface area contributed by atoms with Gasteiger partial charge < -0.3 is 5.73 Å². The minimum Gasteiger partial charge on any atom is -0.324 e. The molecular formula is C11H18N2O2S. The standard InChI is InChI=1S/C11H18N2O2S/c1-3-8-13-16(14,15)11-6-4-10(5-7-11)9(2)12/h4-7,9,13H,3,8,12H2,1-2H3. The Bertz CT molecular complexity index is 424. The molecule has 1 atom stereocenters. The maximum Gasteiger partial charge on any atom is 0.240 e. The Morgan fingerprint density at radius 1 is 1.31 bits per heavy atom. The molecule has 0 aliphatic heterocycles. The summed E-state index contributed by atoms with van der Waals surface area (Å²) in [7, 11) is -3.36. The predicted molar refractivity (Wildman–Crippen MR) is 64.5 cm³/mol. The summed E-state index contributed by atoms with van der Waals surface area (Å²) < 4.78 is 26.0. The quantitative estimate of drug-likeness (QED) is 0.819. The summed E-state index contributed by atoms with van der Waals surface area (Å²) in [6.07, 6.45) is 0.775. The second-order valence-electron chi connectivity index (χ2n) is 3.76. The fourth-order valence-corrected chi connectivity index (χ4v) is 2.40. The average Bonchev–Trinajstić information content (AvgIpc) is 2.26.